The molecule has 0 bridgehead atoms. The van der Waals surface area contributed by atoms with Crippen molar-refractivity contribution in [1.82, 2.24) is 86.4 Å². The van der Waals surface area contributed by atoms with E-state index in [2.05, 4.69) is 326 Å². The van der Waals surface area contributed by atoms with Gasteiger partial charge in [-0.05, 0) is 170 Å². The van der Waals surface area contributed by atoms with Crippen molar-refractivity contribution < 1.29 is 9.47 Å². The van der Waals surface area contributed by atoms with Crippen LogP contribution in [0.3, 0.4) is 0 Å². The van der Waals surface area contributed by atoms with Crippen LogP contribution in [0.1, 0.15) is 79.1 Å². The highest BCUT2D eigenvalue weighted by molar-refractivity contribution is 6.13. The second kappa shape index (κ2) is 39.8. The van der Waals surface area contributed by atoms with Gasteiger partial charge in [-0.3, -0.25) is 44.9 Å². The minimum Gasteiger partial charge on any atom is -0.493 e. The summed E-state index contributed by atoms with van der Waals surface area (Å²) >= 11 is 0. The van der Waals surface area contributed by atoms with Crippen molar-refractivity contribution >= 4 is 175 Å². The molecule has 2 atom stereocenters. The lowest BCUT2D eigenvalue weighted by Gasteiger charge is -2.16. The third kappa shape index (κ3) is 17.6. The Labute approximate surface area is 755 Å². The smallest absolute Gasteiger partial charge is 0.140 e. The fraction of sp³-hybridized carbons (Fsp3) is 0.218. The number of aryl methyl sites for hydroxylation is 8. The lowest BCUT2D eigenvalue weighted by molar-refractivity contribution is 0.233. The molecule has 18 aromatic heterocycles. The van der Waals surface area contributed by atoms with Gasteiger partial charge in [0, 0.05) is 229 Å². The van der Waals surface area contributed by atoms with Crippen LogP contribution in [-0.2, 0) is 56.4 Å². The number of hydrogen-bond acceptors (Lipinski definition) is 12. The monoisotopic (exact) mass is 1710 g/mol. The zero-order valence-electron chi connectivity index (χ0n) is 76.1. The van der Waals surface area contributed by atoms with Crippen molar-refractivity contribution in [2.45, 2.75) is 79.1 Å². The van der Waals surface area contributed by atoms with E-state index in [0.29, 0.717) is 11.8 Å². The molecule has 18 heterocycles. The van der Waals surface area contributed by atoms with Crippen molar-refractivity contribution in [3.05, 3.63) is 318 Å². The molecule has 0 aliphatic heterocycles. The Morgan fingerprint density at radius 1 is 0.231 bits per heavy atom. The van der Waals surface area contributed by atoms with Gasteiger partial charge in [0.1, 0.15) is 28.2 Å². The molecule has 130 heavy (non-hydrogen) atoms. The van der Waals surface area contributed by atoms with E-state index < -0.39 is 0 Å². The number of aromatic nitrogens is 18. The summed E-state index contributed by atoms with van der Waals surface area (Å²) in [4.78, 5) is 42.3. The number of fused-ring (bicyclic) bond motifs is 24. The van der Waals surface area contributed by atoms with Crippen LogP contribution in [0, 0.1) is 11.8 Å². The zero-order chi connectivity index (χ0) is 89.7. The molecule has 6 aromatic carbocycles. The average Bonchev–Trinajstić information content (AvgIpc) is 1.50. The van der Waals surface area contributed by atoms with Crippen molar-refractivity contribution in [2.75, 3.05) is 13.2 Å². The third-order valence-corrected chi connectivity index (χ3v) is 25.5. The number of hydrogen-bond donors (Lipinski definition) is 0. The predicted octanol–water partition coefficient (Wildman–Crippen LogP) is 25.8. The van der Waals surface area contributed by atoms with Gasteiger partial charge in [0.15, 0.2) is 0 Å². The number of rotatable bonds is 14. The molecule has 0 saturated carbocycles. The van der Waals surface area contributed by atoms with Crippen LogP contribution in [0.15, 0.2) is 318 Å². The number of ether oxygens (including phenoxy) is 2. The molecular weight excluding hydrogens is 1610 g/mol. The maximum atomic E-state index is 6.24. The van der Waals surface area contributed by atoms with Crippen molar-refractivity contribution in [1.29, 1.82) is 0 Å². The number of benzene rings is 6. The summed E-state index contributed by atoms with van der Waals surface area (Å²) in [5.74, 6) is 3.21. The molecule has 0 radical (unpaired) electrons. The van der Waals surface area contributed by atoms with Gasteiger partial charge in [0.05, 0.1) is 98.0 Å². The highest BCUT2D eigenvalue weighted by Gasteiger charge is 2.18. The van der Waals surface area contributed by atoms with Gasteiger partial charge >= 0.3 is 0 Å². The first kappa shape index (κ1) is 86.9. The second-order valence-corrected chi connectivity index (χ2v) is 33.2. The van der Waals surface area contributed by atoms with Crippen LogP contribution < -0.4 is 9.47 Å². The number of nitrogens with zero attached hydrogens (tertiary/aromatic N) is 18. The van der Waals surface area contributed by atoms with Crippen molar-refractivity contribution in [3.8, 4) is 11.5 Å². The predicted molar refractivity (Wildman–Crippen MR) is 539 cm³/mol. The third-order valence-electron chi connectivity index (χ3n) is 25.5. The number of para-hydroxylation sites is 4. The first-order valence-corrected chi connectivity index (χ1v) is 45.0. The maximum absolute atomic E-state index is 6.24. The molecule has 24 aromatic rings. The first-order valence-electron chi connectivity index (χ1n) is 45.0. The van der Waals surface area contributed by atoms with Gasteiger partial charge in [0.25, 0.3) is 0 Å². The average molecular weight is 1720 g/mol. The molecule has 0 amide bonds. The fourth-order valence-electron chi connectivity index (χ4n) is 18.2. The van der Waals surface area contributed by atoms with Crippen LogP contribution in [0.4, 0.5) is 0 Å². The van der Waals surface area contributed by atoms with E-state index in [0.717, 1.165) is 79.7 Å². The summed E-state index contributed by atoms with van der Waals surface area (Å²) in [6.45, 7) is 10.7. The van der Waals surface area contributed by atoms with E-state index in [9.17, 15) is 0 Å². The first-order chi connectivity index (χ1) is 63.7. The van der Waals surface area contributed by atoms with E-state index in [1.807, 2.05) is 149 Å². The van der Waals surface area contributed by atoms with Gasteiger partial charge in [-0.1, -0.05) is 139 Å². The van der Waals surface area contributed by atoms with E-state index >= 15 is 0 Å². The molecule has 20 nitrogen and oxygen atoms in total. The Morgan fingerprint density at radius 3 is 0.954 bits per heavy atom. The molecule has 20 heteroatoms. The summed E-state index contributed by atoms with van der Waals surface area (Å²) in [7, 11) is 16.6. The molecule has 0 fully saturated rings. The largest absolute Gasteiger partial charge is 0.493 e. The Bertz CT molecular complexity index is 6510. The van der Waals surface area contributed by atoms with Gasteiger partial charge in [0.2, 0.25) is 0 Å². The van der Waals surface area contributed by atoms with Crippen LogP contribution in [0.2, 0.25) is 0 Å². The van der Waals surface area contributed by atoms with Crippen LogP contribution in [0.25, 0.3) is 175 Å². The topological polar surface area (TPSA) is 187 Å². The Balaban J connectivity index is 0.000000106. The van der Waals surface area contributed by atoms with Crippen LogP contribution in [0.5, 0.6) is 11.5 Å². The summed E-state index contributed by atoms with van der Waals surface area (Å²) in [6, 6.07) is 75.0. The fourth-order valence-corrected chi connectivity index (χ4v) is 18.2. The van der Waals surface area contributed by atoms with E-state index in [1.54, 1.807) is 12.4 Å². The van der Waals surface area contributed by atoms with Gasteiger partial charge in [-0.25, -0.2) is 4.98 Å². The quantitative estimate of drug-likeness (QED) is 0.100. The summed E-state index contributed by atoms with van der Waals surface area (Å²) in [5.41, 5.74) is 22.1. The van der Waals surface area contributed by atoms with E-state index in [4.69, 9.17) is 9.47 Å². The number of pyridine rings is 10. The molecule has 0 aliphatic carbocycles. The summed E-state index contributed by atoms with van der Waals surface area (Å²) < 4.78 is 29.8. The van der Waals surface area contributed by atoms with Gasteiger partial charge in [-0.2, -0.15) is 0 Å². The lowest BCUT2D eigenvalue weighted by atomic mass is 10.0. The number of unbranched alkanes of at least 4 members (excludes halogenated alkanes) is 2. The second-order valence-electron chi connectivity index (χ2n) is 33.2. The lowest BCUT2D eigenvalue weighted by Crippen LogP contribution is -2.11. The van der Waals surface area contributed by atoms with Crippen molar-refractivity contribution in [2.24, 2.45) is 68.2 Å². The highest BCUT2D eigenvalue weighted by atomic mass is 16.5. The van der Waals surface area contributed by atoms with Crippen LogP contribution >= 0.6 is 0 Å². The molecule has 24 rings (SSSR count). The zero-order valence-corrected chi connectivity index (χ0v) is 76.1. The highest BCUT2D eigenvalue weighted by Crippen LogP contribution is 2.37. The van der Waals surface area contributed by atoms with Gasteiger partial charge in [-0.15, -0.1) is 0 Å². The summed E-state index contributed by atoms with van der Waals surface area (Å²) in [5, 5.41) is 16.1. The molecule has 0 saturated heterocycles. The Kier molecular flexibility index (Phi) is 26.6. The van der Waals surface area contributed by atoms with Crippen molar-refractivity contribution in [3.63, 3.8) is 0 Å². The standard InChI is InChI=1S/C29H43NO2.4C12H10N2.3C11H9N3/c1-6-10-12-22(8-3)20-31-24-14-16-28-26(18-24)27-19-25(15-17-29(27)30(28)5)32-21-23(9-4)13-11-7-2;1-14-11-7-3-2-5-9(11)10-6-4-8-13-12(10)14;1-14-10-6-3-2-5-9(10)12-11(14)7-4-8-13-12;1-14-11-5-3-2-4-9(11)10-8-13-7-6-12(10)14;1-14-11-5-3-2-4-9(11)10-6-7-13-8-12(10)14;1-14-10-2-4-12-6-8(10)9-7-13-5-3-11(9)14;1-14-10-6-12-4-2-8(10)9-3-5-13-7-11(9)14;1-14-8-4-2-6-12-10(8)11-9(14)5-3-7-13-11/h14-19,22-23H,6-13,20-21H2,1-5H3;4*2-8H,1H3;3*2-7H,1H3. The van der Waals surface area contributed by atoms with Crippen LogP contribution in [-0.4, -0.2) is 99.6 Å². The SMILES string of the molecule is CCCCC(CC)COc1ccc2c(c1)c1cc(OCC(CC)CCCC)ccc1n2C.Cn1c2ccccc2c2cccnc21.Cn1c2ccccc2c2ccncc21.Cn1c2ccccc2c2cnccc21.Cn1c2ccccc2c2ncccc21.Cn1c2cccnc2c2ncccc21.Cn1c2ccncc2c2cnccc21.Cn1c2cnccc2c2ccncc21. The summed E-state index contributed by atoms with van der Waals surface area (Å²) in [6.07, 6.45) is 39.5. The molecule has 0 aliphatic rings. The molecule has 0 N–H and O–H groups in total. The van der Waals surface area contributed by atoms with E-state index in [1.165, 1.54) is 171 Å². The van der Waals surface area contributed by atoms with E-state index in [-0.39, 0.29) is 0 Å². The normalized spacial score (nSPS) is 11.8. The molecule has 0 spiro atoms. The molecule has 2 unspecified atom stereocenters. The maximum Gasteiger partial charge on any atom is 0.140 e. The molecular formula is C110H110N18O2. The van der Waals surface area contributed by atoms with Gasteiger partial charge < -0.3 is 46.0 Å². The Hall–Kier alpha value is -15.2. The Morgan fingerprint density at radius 2 is 0.515 bits per heavy atom. The minimum atomic E-state index is 0.636. The minimum absolute atomic E-state index is 0.636. The molecule has 652 valence electrons.